The molecule has 0 unspecified atom stereocenters. The fourth-order valence-electron chi connectivity index (χ4n) is 2.57. The molecule has 0 atom stereocenters. The van der Waals surface area contributed by atoms with Crippen LogP contribution in [0.1, 0.15) is 32.1 Å². The second-order valence-electron chi connectivity index (χ2n) is 4.96. The van der Waals surface area contributed by atoms with Gasteiger partial charge in [0.2, 0.25) is 10.0 Å². The molecule has 1 saturated carbocycles. The van der Waals surface area contributed by atoms with Crippen molar-refractivity contribution in [3.05, 3.63) is 18.5 Å². The number of nitrogens with zero attached hydrogens (tertiary/aromatic N) is 1. The first-order chi connectivity index (χ1) is 9.13. The molecule has 0 saturated heterocycles. The van der Waals surface area contributed by atoms with Gasteiger partial charge < -0.3 is 5.32 Å². The van der Waals surface area contributed by atoms with Gasteiger partial charge in [0.05, 0.1) is 5.69 Å². The molecule has 1 aromatic heterocycles. The highest BCUT2D eigenvalue weighted by Gasteiger charge is 2.20. The second-order valence-corrected chi connectivity index (χ2v) is 6.69. The minimum Gasteiger partial charge on any atom is -0.387 e. The van der Waals surface area contributed by atoms with Gasteiger partial charge in [-0.15, -0.1) is 0 Å². The molecule has 0 spiro atoms. The van der Waals surface area contributed by atoms with Crippen molar-refractivity contribution in [2.45, 2.75) is 37.0 Å². The van der Waals surface area contributed by atoms with Crippen LogP contribution in [0.25, 0.3) is 0 Å². The Morgan fingerprint density at radius 3 is 2.79 bits per heavy atom. The highest BCUT2D eigenvalue weighted by molar-refractivity contribution is 7.89. The Bertz CT molecular complexity index is 510. The Labute approximate surface area is 114 Å². The molecule has 1 heterocycles. The monoisotopic (exact) mass is 283 g/mol. The number of nitrogens with one attached hydrogen (secondary N) is 2. The minimum atomic E-state index is -3.47. The Balaban J connectivity index is 1.97. The third kappa shape index (κ3) is 3.67. The molecule has 0 bridgehead atoms. The number of aromatic nitrogens is 1. The van der Waals surface area contributed by atoms with Gasteiger partial charge in [0, 0.05) is 26.0 Å². The Morgan fingerprint density at radius 1 is 1.37 bits per heavy atom. The summed E-state index contributed by atoms with van der Waals surface area (Å²) in [5.41, 5.74) is 0.573. The summed E-state index contributed by atoms with van der Waals surface area (Å²) in [6.07, 6.45) is 8.90. The topological polar surface area (TPSA) is 71.1 Å². The van der Waals surface area contributed by atoms with Gasteiger partial charge in [0.25, 0.3) is 0 Å². The fraction of sp³-hybridized carbons (Fsp3) is 0.615. The largest absolute Gasteiger partial charge is 0.387 e. The van der Waals surface area contributed by atoms with E-state index in [2.05, 4.69) is 15.0 Å². The number of hydrogen-bond donors (Lipinski definition) is 2. The quantitative estimate of drug-likeness (QED) is 0.837. The molecule has 6 heteroatoms. The lowest BCUT2D eigenvalue weighted by Crippen LogP contribution is -2.26. The average Bonchev–Trinajstić information content (AvgIpc) is 2.91. The van der Waals surface area contributed by atoms with E-state index in [1.807, 2.05) is 0 Å². The van der Waals surface area contributed by atoms with E-state index in [4.69, 9.17) is 0 Å². The highest BCUT2D eigenvalue weighted by Crippen LogP contribution is 2.27. The lowest BCUT2D eigenvalue weighted by molar-refractivity contribution is 0.495. The summed E-state index contributed by atoms with van der Waals surface area (Å²) in [6.45, 7) is 0.505. The zero-order valence-electron chi connectivity index (χ0n) is 11.2. The first-order valence-corrected chi connectivity index (χ1v) is 8.23. The summed E-state index contributed by atoms with van der Waals surface area (Å²) in [4.78, 5) is 4.10. The molecule has 0 radical (unpaired) electrons. The van der Waals surface area contributed by atoms with Crippen LogP contribution in [-0.4, -0.2) is 27.0 Å². The average molecular weight is 283 g/mol. The van der Waals surface area contributed by atoms with Gasteiger partial charge in [-0.3, -0.25) is 4.98 Å². The Morgan fingerprint density at radius 2 is 2.11 bits per heavy atom. The van der Waals surface area contributed by atoms with E-state index in [0.717, 1.165) is 6.42 Å². The third-order valence-electron chi connectivity index (χ3n) is 3.66. The van der Waals surface area contributed by atoms with Crippen LogP contribution in [0, 0.1) is 5.92 Å². The second kappa shape index (κ2) is 6.34. The van der Waals surface area contributed by atoms with Crippen LogP contribution in [0.3, 0.4) is 0 Å². The zero-order chi connectivity index (χ0) is 13.7. The van der Waals surface area contributed by atoms with Crippen LogP contribution in [0.15, 0.2) is 23.4 Å². The van der Waals surface area contributed by atoms with Crippen molar-refractivity contribution in [1.29, 1.82) is 0 Å². The molecule has 1 fully saturated rings. The van der Waals surface area contributed by atoms with E-state index < -0.39 is 10.0 Å². The summed E-state index contributed by atoms with van der Waals surface area (Å²) in [5.74, 6) is 0.681. The number of sulfonamides is 1. The molecule has 0 aliphatic heterocycles. The summed E-state index contributed by atoms with van der Waals surface area (Å²) in [7, 11) is -1.77. The van der Waals surface area contributed by atoms with Gasteiger partial charge in [-0.2, -0.15) is 0 Å². The maximum Gasteiger partial charge on any atom is 0.244 e. The van der Waals surface area contributed by atoms with E-state index >= 15 is 0 Å². The predicted molar refractivity (Wildman–Crippen MR) is 75.5 cm³/mol. The van der Waals surface area contributed by atoms with Gasteiger partial charge in [-0.05, 0) is 18.4 Å². The summed E-state index contributed by atoms with van der Waals surface area (Å²) < 4.78 is 27.1. The molecule has 2 N–H and O–H groups in total. The zero-order valence-corrected chi connectivity index (χ0v) is 12.0. The highest BCUT2D eigenvalue weighted by atomic mass is 32.2. The maximum atomic E-state index is 12.2. The van der Waals surface area contributed by atoms with Crippen molar-refractivity contribution >= 4 is 15.7 Å². The molecule has 0 aromatic carbocycles. The summed E-state index contributed by atoms with van der Waals surface area (Å²) in [5, 5.41) is 2.87. The lowest BCUT2D eigenvalue weighted by Gasteiger charge is -2.12. The molecule has 19 heavy (non-hydrogen) atoms. The Hall–Kier alpha value is -1.14. The van der Waals surface area contributed by atoms with Gasteiger partial charge in [0.15, 0.2) is 0 Å². The van der Waals surface area contributed by atoms with Crippen molar-refractivity contribution in [2.24, 2.45) is 5.92 Å². The van der Waals surface area contributed by atoms with Crippen LogP contribution < -0.4 is 10.0 Å². The van der Waals surface area contributed by atoms with Crippen molar-refractivity contribution in [1.82, 2.24) is 9.71 Å². The van der Waals surface area contributed by atoms with Crippen molar-refractivity contribution in [2.75, 3.05) is 18.9 Å². The van der Waals surface area contributed by atoms with E-state index in [9.17, 15) is 8.42 Å². The molecular weight excluding hydrogens is 262 g/mol. The molecule has 2 rings (SSSR count). The Kier molecular flexibility index (Phi) is 4.76. The molecule has 0 amide bonds. The van der Waals surface area contributed by atoms with Crippen LogP contribution >= 0.6 is 0 Å². The molecule has 106 valence electrons. The van der Waals surface area contributed by atoms with E-state index in [1.165, 1.54) is 31.9 Å². The van der Waals surface area contributed by atoms with Crippen LogP contribution in [-0.2, 0) is 10.0 Å². The summed E-state index contributed by atoms with van der Waals surface area (Å²) in [6, 6.07) is 1.66. The molecule has 5 nitrogen and oxygen atoms in total. The molecule has 1 aromatic rings. The summed E-state index contributed by atoms with van der Waals surface area (Å²) >= 11 is 0. The van der Waals surface area contributed by atoms with Gasteiger partial charge in [-0.25, -0.2) is 13.1 Å². The molecule has 1 aliphatic rings. The van der Waals surface area contributed by atoms with E-state index in [-0.39, 0.29) is 4.90 Å². The smallest absolute Gasteiger partial charge is 0.244 e. The number of hydrogen-bond acceptors (Lipinski definition) is 4. The number of rotatable bonds is 6. The number of anilines is 1. The minimum absolute atomic E-state index is 0.212. The fourth-order valence-corrected chi connectivity index (χ4v) is 3.78. The SMILES string of the molecule is CNc1ccncc1S(=O)(=O)NCCC1CCCC1. The molecular formula is C13H21N3O2S. The predicted octanol–water partition coefficient (Wildman–Crippen LogP) is 1.98. The van der Waals surface area contributed by atoms with Crippen molar-refractivity contribution < 1.29 is 8.42 Å². The van der Waals surface area contributed by atoms with Crippen LogP contribution in [0.4, 0.5) is 5.69 Å². The van der Waals surface area contributed by atoms with E-state index in [1.54, 1.807) is 19.3 Å². The first kappa shape index (κ1) is 14.3. The van der Waals surface area contributed by atoms with Crippen LogP contribution in [0.2, 0.25) is 0 Å². The van der Waals surface area contributed by atoms with Crippen molar-refractivity contribution in [3.63, 3.8) is 0 Å². The van der Waals surface area contributed by atoms with Crippen molar-refractivity contribution in [3.8, 4) is 0 Å². The van der Waals surface area contributed by atoms with Crippen LogP contribution in [0.5, 0.6) is 0 Å². The lowest BCUT2D eigenvalue weighted by atomic mass is 10.1. The van der Waals surface area contributed by atoms with E-state index in [0.29, 0.717) is 18.2 Å². The first-order valence-electron chi connectivity index (χ1n) is 6.75. The normalized spacial score (nSPS) is 16.7. The van der Waals surface area contributed by atoms with Gasteiger partial charge in [0.1, 0.15) is 4.90 Å². The van der Waals surface area contributed by atoms with Gasteiger partial charge >= 0.3 is 0 Å². The number of pyridine rings is 1. The molecule has 1 aliphatic carbocycles. The third-order valence-corrected chi connectivity index (χ3v) is 5.15. The van der Waals surface area contributed by atoms with Gasteiger partial charge in [-0.1, -0.05) is 25.7 Å². The maximum absolute atomic E-state index is 12.2. The standard InChI is InChI=1S/C13H21N3O2S/c1-14-12-7-8-15-10-13(12)19(17,18)16-9-6-11-4-2-3-5-11/h7-8,10-11,16H,2-6,9H2,1H3,(H,14,15).